The molecule has 4 heteroatoms. The number of carbonyl (C=O) groups excluding carboxylic acids is 1. The molecule has 15 heavy (non-hydrogen) atoms. The Morgan fingerprint density at radius 2 is 2.13 bits per heavy atom. The predicted octanol–water partition coefficient (Wildman–Crippen LogP) is 0.406. The fraction of sp³-hybridized carbons (Fsp3) is 0.636. The van der Waals surface area contributed by atoms with Gasteiger partial charge in [0.05, 0.1) is 19.0 Å². The highest BCUT2D eigenvalue weighted by Gasteiger charge is 2.17. The van der Waals surface area contributed by atoms with Crippen LogP contribution in [0, 0.1) is 23.7 Å². The Labute approximate surface area is 91.0 Å². The van der Waals surface area contributed by atoms with Crippen molar-refractivity contribution in [3.63, 3.8) is 0 Å². The van der Waals surface area contributed by atoms with E-state index in [-0.39, 0.29) is 17.9 Å². The van der Waals surface area contributed by atoms with Gasteiger partial charge in [0.2, 0.25) is 5.91 Å². The topological polar surface area (TPSA) is 64.9 Å². The van der Waals surface area contributed by atoms with Crippen molar-refractivity contribution in [1.29, 1.82) is 5.26 Å². The fourth-order valence-corrected chi connectivity index (χ4v) is 1.00. The number of nitriles is 1. The number of nitrogens with one attached hydrogen (secondary N) is 2. The first kappa shape index (κ1) is 13.5. The Balaban J connectivity index is 4.05. The Kier molecular flexibility index (Phi) is 5.44. The van der Waals surface area contributed by atoms with E-state index in [0.717, 1.165) is 0 Å². The Bertz CT molecular complexity index is 290. The molecule has 0 aromatic carbocycles. The number of terminal acetylenes is 1. The first-order chi connectivity index (χ1) is 6.89. The molecule has 1 amide bonds. The lowest BCUT2D eigenvalue weighted by molar-refractivity contribution is -0.122. The normalized spacial score (nSPS) is 12.3. The largest absolute Gasteiger partial charge is 0.351 e. The third-order valence-corrected chi connectivity index (χ3v) is 1.51. The standard InChI is InChI=1S/C11H17N3O/c1-5-6-13-9(8-12)7-10(15)14-11(2,3)4/h1,9,13H,6-7H2,2-4H3,(H,14,15). The molecule has 0 saturated heterocycles. The number of hydrogen-bond donors (Lipinski definition) is 2. The van der Waals surface area contributed by atoms with Crippen molar-refractivity contribution < 1.29 is 4.79 Å². The lowest BCUT2D eigenvalue weighted by atomic mass is 10.1. The second-order valence-electron chi connectivity index (χ2n) is 4.27. The van der Waals surface area contributed by atoms with E-state index in [0.29, 0.717) is 6.54 Å². The second kappa shape index (κ2) is 6.06. The average Bonchev–Trinajstić information content (AvgIpc) is 2.09. The van der Waals surface area contributed by atoms with Crippen molar-refractivity contribution in [3.05, 3.63) is 0 Å². The molecule has 0 aromatic rings. The lowest BCUT2D eigenvalue weighted by Crippen LogP contribution is -2.43. The van der Waals surface area contributed by atoms with E-state index < -0.39 is 6.04 Å². The molecule has 0 heterocycles. The molecule has 4 nitrogen and oxygen atoms in total. The molecule has 82 valence electrons. The van der Waals surface area contributed by atoms with Crippen molar-refractivity contribution in [2.24, 2.45) is 0 Å². The van der Waals surface area contributed by atoms with E-state index in [4.69, 9.17) is 11.7 Å². The minimum absolute atomic E-state index is 0.120. The Morgan fingerprint density at radius 3 is 2.53 bits per heavy atom. The molecule has 0 rings (SSSR count). The van der Waals surface area contributed by atoms with Crippen LogP contribution >= 0.6 is 0 Å². The smallest absolute Gasteiger partial charge is 0.223 e. The monoisotopic (exact) mass is 207 g/mol. The van der Waals surface area contributed by atoms with E-state index in [9.17, 15) is 4.79 Å². The highest BCUT2D eigenvalue weighted by molar-refractivity contribution is 5.77. The van der Waals surface area contributed by atoms with Gasteiger partial charge in [0.1, 0.15) is 6.04 Å². The van der Waals surface area contributed by atoms with Crippen LogP contribution in [-0.2, 0) is 4.79 Å². The molecule has 2 N–H and O–H groups in total. The third kappa shape index (κ3) is 7.54. The maximum absolute atomic E-state index is 11.4. The number of carbonyl (C=O) groups is 1. The summed E-state index contributed by atoms with van der Waals surface area (Å²) in [5.41, 5.74) is -0.275. The zero-order valence-electron chi connectivity index (χ0n) is 9.42. The van der Waals surface area contributed by atoms with Gasteiger partial charge in [-0.3, -0.25) is 10.1 Å². The van der Waals surface area contributed by atoms with Gasteiger partial charge in [0.15, 0.2) is 0 Å². The van der Waals surface area contributed by atoms with Gasteiger partial charge >= 0.3 is 0 Å². The van der Waals surface area contributed by atoms with E-state index >= 15 is 0 Å². The first-order valence-electron chi connectivity index (χ1n) is 4.76. The number of nitrogens with zero attached hydrogens (tertiary/aromatic N) is 1. The van der Waals surface area contributed by atoms with Crippen molar-refractivity contribution in [2.75, 3.05) is 6.54 Å². The zero-order chi connectivity index (χ0) is 11.9. The molecule has 0 saturated carbocycles. The minimum atomic E-state index is -0.525. The van der Waals surface area contributed by atoms with Gasteiger partial charge in [-0.15, -0.1) is 6.42 Å². The van der Waals surface area contributed by atoms with Crippen LogP contribution in [0.5, 0.6) is 0 Å². The Hall–Kier alpha value is -1.52. The van der Waals surface area contributed by atoms with Crippen LogP contribution in [-0.4, -0.2) is 24.0 Å². The lowest BCUT2D eigenvalue weighted by Gasteiger charge is -2.21. The molecular weight excluding hydrogens is 190 g/mol. The molecule has 1 unspecified atom stereocenters. The summed E-state index contributed by atoms with van der Waals surface area (Å²) >= 11 is 0. The molecule has 0 radical (unpaired) electrons. The predicted molar refractivity (Wildman–Crippen MR) is 58.7 cm³/mol. The third-order valence-electron chi connectivity index (χ3n) is 1.51. The summed E-state index contributed by atoms with van der Waals surface area (Å²) in [6.45, 7) is 5.96. The number of amides is 1. The number of rotatable bonds is 4. The van der Waals surface area contributed by atoms with Gasteiger partial charge in [-0.25, -0.2) is 0 Å². The molecule has 0 aromatic heterocycles. The van der Waals surface area contributed by atoms with Crippen LogP contribution in [0.1, 0.15) is 27.2 Å². The van der Waals surface area contributed by atoms with Crippen molar-refractivity contribution in [3.8, 4) is 18.4 Å². The molecule has 0 fully saturated rings. The zero-order valence-corrected chi connectivity index (χ0v) is 9.42. The first-order valence-corrected chi connectivity index (χ1v) is 4.76. The molecule has 0 spiro atoms. The summed E-state index contributed by atoms with van der Waals surface area (Å²) in [6, 6.07) is 1.46. The molecule has 0 bridgehead atoms. The van der Waals surface area contributed by atoms with E-state index in [1.165, 1.54) is 0 Å². The molecular formula is C11H17N3O. The van der Waals surface area contributed by atoms with E-state index in [1.807, 2.05) is 26.8 Å². The van der Waals surface area contributed by atoms with E-state index in [2.05, 4.69) is 16.6 Å². The molecule has 0 aliphatic heterocycles. The SMILES string of the molecule is C#CCNC(C#N)CC(=O)NC(C)(C)C. The second-order valence-corrected chi connectivity index (χ2v) is 4.27. The molecule has 1 atom stereocenters. The fourth-order valence-electron chi connectivity index (χ4n) is 1.00. The van der Waals surface area contributed by atoms with Gasteiger partial charge < -0.3 is 5.32 Å². The highest BCUT2D eigenvalue weighted by atomic mass is 16.1. The highest BCUT2D eigenvalue weighted by Crippen LogP contribution is 2.00. The van der Waals surface area contributed by atoms with Crippen molar-refractivity contribution >= 4 is 5.91 Å². The van der Waals surface area contributed by atoms with Gasteiger partial charge in [-0.2, -0.15) is 5.26 Å². The van der Waals surface area contributed by atoms with Crippen LogP contribution in [0.4, 0.5) is 0 Å². The van der Waals surface area contributed by atoms with Gasteiger partial charge in [-0.1, -0.05) is 5.92 Å². The maximum Gasteiger partial charge on any atom is 0.223 e. The quantitative estimate of drug-likeness (QED) is 0.656. The number of hydrogen-bond acceptors (Lipinski definition) is 3. The van der Waals surface area contributed by atoms with E-state index in [1.54, 1.807) is 0 Å². The van der Waals surface area contributed by atoms with Crippen LogP contribution in [0.25, 0.3) is 0 Å². The van der Waals surface area contributed by atoms with Gasteiger partial charge in [0.25, 0.3) is 0 Å². The molecule has 0 aliphatic rings. The van der Waals surface area contributed by atoms with Gasteiger partial charge in [0, 0.05) is 5.54 Å². The maximum atomic E-state index is 11.4. The van der Waals surface area contributed by atoms with Crippen LogP contribution < -0.4 is 10.6 Å². The Morgan fingerprint density at radius 1 is 1.53 bits per heavy atom. The van der Waals surface area contributed by atoms with Crippen LogP contribution in [0.3, 0.4) is 0 Å². The summed E-state index contributed by atoms with van der Waals surface area (Å²) in [5, 5.41) is 14.3. The average molecular weight is 207 g/mol. The molecule has 0 aliphatic carbocycles. The van der Waals surface area contributed by atoms with Crippen LogP contribution in [0.2, 0.25) is 0 Å². The summed E-state index contributed by atoms with van der Waals surface area (Å²) in [7, 11) is 0. The van der Waals surface area contributed by atoms with Gasteiger partial charge in [-0.05, 0) is 20.8 Å². The summed E-state index contributed by atoms with van der Waals surface area (Å²) in [4.78, 5) is 11.4. The minimum Gasteiger partial charge on any atom is -0.351 e. The summed E-state index contributed by atoms with van der Waals surface area (Å²) in [5.74, 6) is 2.21. The summed E-state index contributed by atoms with van der Waals surface area (Å²) < 4.78 is 0. The van der Waals surface area contributed by atoms with Crippen LogP contribution in [0.15, 0.2) is 0 Å². The van der Waals surface area contributed by atoms with Crippen molar-refractivity contribution in [2.45, 2.75) is 38.8 Å². The van der Waals surface area contributed by atoms with Crippen molar-refractivity contribution in [1.82, 2.24) is 10.6 Å². The summed E-state index contributed by atoms with van der Waals surface area (Å²) in [6.07, 6.45) is 5.16.